The number of aryl methyl sites for hydroxylation is 1. The van der Waals surface area contributed by atoms with Crippen molar-refractivity contribution >= 4 is 33.2 Å². The second-order valence-corrected chi connectivity index (χ2v) is 9.87. The number of rotatable bonds is 7. The highest BCUT2D eigenvalue weighted by atomic mass is 35.5. The van der Waals surface area contributed by atoms with E-state index in [1.807, 2.05) is 18.4 Å². The summed E-state index contributed by atoms with van der Waals surface area (Å²) in [5.41, 5.74) is 2.10. The Bertz CT molecular complexity index is 1080. The van der Waals surface area contributed by atoms with Gasteiger partial charge in [-0.15, -0.1) is 0 Å². The molecule has 9 heteroatoms. The van der Waals surface area contributed by atoms with Crippen molar-refractivity contribution in [3.8, 4) is 0 Å². The quantitative estimate of drug-likeness (QED) is 0.471. The van der Waals surface area contributed by atoms with Crippen molar-refractivity contribution in [1.29, 1.82) is 0 Å². The minimum atomic E-state index is -3.51. The highest BCUT2D eigenvalue weighted by Crippen LogP contribution is 2.23. The molecule has 1 aliphatic heterocycles. The number of hydrogen-bond acceptors (Lipinski definition) is 6. The number of esters is 1. The third-order valence-corrected chi connectivity index (χ3v) is 6.64. The van der Waals surface area contributed by atoms with E-state index in [0.717, 1.165) is 43.2 Å². The summed E-state index contributed by atoms with van der Waals surface area (Å²) in [5, 5.41) is 0.0505. The van der Waals surface area contributed by atoms with E-state index in [0.29, 0.717) is 12.1 Å². The molecule has 1 aromatic heterocycles. The zero-order valence-electron chi connectivity index (χ0n) is 17.1. The standard InChI is InChI=1S/C21H24ClNO6S/c1-13-9-17(14(2)23(13)11-15-5-4-8-28-15)20(24)12-29-21(25)18-10-16(30(3,26)27)6-7-19(18)22/h6-7,9-10,15H,4-5,8,11-12H2,1-3H3. The van der Waals surface area contributed by atoms with Gasteiger partial charge in [0.1, 0.15) is 0 Å². The fourth-order valence-corrected chi connectivity index (χ4v) is 4.38. The monoisotopic (exact) mass is 453 g/mol. The van der Waals surface area contributed by atoms with Crippen LogP contribution in [0.1, 0.15) is 44.9 Å². The van der Waals surface area contributed by atoms with Crippen molar-refractivity contribution in [3.05, 3.63) is 51.8 Å². The van der Waals surface area contributed by atoms with Crippen molar-refractivity contribution < 1.29 is 27.5 Å². The summed E-state index contributed by atoms with van der Waals surface area (Å²) < 4.78 is 36.3. The summed E-state index contributed by atoms with van der Waals surface area (Å²) in [4.78, 5) is 25.0. The summed E-state index contributed by atoms with van der Waals surface area (Å²) in [6.07, 6.45) is 3.20. The number of halogens is 1. The van der Waals surface area contributed by atoms with Gasteiger partial charge in [0.05, 0.1) is 21.6 Å². The maximum atomic E-state index is 12.7. The van der Waals surface area contributed by atoms with Gasteiger partial charge in [0.25, 0.3) is 0 Å². The van der Waals surface area contributed by atoms with Gasteiger partial charge in [-0.3, -0.25) is 4.79 Å². The molecule has 1 fully saturated rings. The van der Waals surface area contributed by atoms with E-state index >= 15 is 0 Å². The van der Waals surface area contributed by atoms with Crippen LogP contribution < -0.4 is 0 Å². The van der Waals surface area contributed by atoms with Crippen molar-refractivity contribution in [3.63, 3.8) is 0 Å². The van der Waals surface area contributed by atoms with Gasteiger partial charge in [0.2, 0.25) is 5.78 Å². The van der Waals surface area contributed by atoms with Crippen molar-refractivity contribution in [2.45, 2.75) is 44.2 Å². The molecule has 3 rings (SSSR count). The van der Waals surface area contributed by atoms with E-state index in [9.17, 15) is 18.0 Å². The van der Waals surface area contributed by atoms with Crippen LogP contribution in [0.2, 0.25) is 5.02 Å². The Morgan fingerprint density at radius 2 is 1.97 bits per heavy atom. The first-order valence-electron chi connectivity index (χ1n) is 9.56. The van der Waals surface area contributed by atoms with Crippen molar-refractivity contribution in [1.82, 2.24) is 4.57 Å². The molecule has 1 aromatic carbocycles. The maximum Gasteiger partial charge on any atom is 0.340 e. The topological polar surface area (TPSA) is 91.7 Å². The third-order valence-electron chi connectivity index (χ3n) is 5.20. The molecule has 7 nitrogen and oxygen atoms in total. The summed E-state index contributed by atoms with van der Waals surface area (Å²) in [6, 6.07) is 5.55. The van der Waals surface area contributed by atoms with E-state index < -0.39 is 22.4 Å². The number of Topliss-reactive ketones (excluding diaryl/α,β-unsaturated/α-hetero) is 1. The highest BCUT2D eigenvalue weighted by Gasteiger charge is 2.23. The van der Waals surface area contributed by atoms with Crippen LogP contribution in [-0.2, 0) is 25.9 Å². The van der Waals surface area contributed by atoms with Crippen LogP contribution in [0, 0.1) is 13.8 Å². The Morgan fingerprint density at radius 3 is 2.60 bits per heavy atom. The first kappa shape index (κ1) is 22.5. The zero-order valence-corrected chi connectivity index (χ0v) is 18.7. The third kappa shape index (κ3) is 4.94. The van der Waals surface area contributed by atoms with Crippen molar-refractivity contribution in [2.75, 3.05) is 19.5 Å². The molecule has 162 valence electrons. The van der Waals surface area contributed by atoms with Crippen LogP contribution in [0.4, 0.5) is 0 Å². The maximum absolute atomic E-state index is 12.7. The molecule has 1 unspecified atom stereocenters. The van der Waals surface area contributed by atoms with Gasteiger partial charge in [0.15, 0.2) is 16.4 Å². The Morgan fingerprint density at radius 1 is 1.23 bits per heavy atom. The number of benzene rings is 1. The van der Waals surface area contributed by atoms with Crippen LogP contribution in [0.5, 0.6) is 0 Å². The van der Waals surface area contributed by atoms with Gasteiger partial charge in [-0.2, -0.15) is 0 Å². The molecule has 0 N–H and O–H groups in total. The van der Waals surface area contributed by atoms with Crippen LogP contribution >= 0.6 is 11.6 Å². The van der Waals surface area contributed by atoms with E-state index in [1.54, 1.807) is 6.07 Å². The highest BCUT2D eigenvalue weighted by molar-refractivity contribution is 7.90. The van der Waals surface area contributed by atoms with Crippen LogP contribution in [0.25, 0.3) is 0 Å². The van der Waals surface area contributed by atoms with Gasteiger partial charge < -0.3 is 14.0 Å². The van der Waals surface area contributed by atoms with Crippen LogP contribution in [0.3, 0.4) is 0 Å². The number of ketones is 1. The predicted molar refractivity (Wildman–Crippen MR) is 112 cm³/mol. The lowest BCUT2D eigenvalue weighted by atomic mass is 10.1. The average Bonchev–Trinajstić information content (AvgIpc) is 3.29. The molecule has 0 saturated carbocycles. The summed E-state index contributed by atoms with van der Waals surface area (Å²) in [5.74, 6) is -1.20. The fraction of sp³-hybridized carbons (Fsp3) is 0.429. The Balaban J connectivity index is 1.71. The lowest BCUT2D eigenvalue weighted by Gasteiger charge is -2.14. The number of carbonyl (C=O) groups excluding carboxylic acids is 2. The summed E-state index contributed by atoms with van der Waals surface area (Å²) in [6.45, 7) is 4.74. The minimum absolute atomic E-state index is 0.0505. The first-order chi connectivity index (χ1) is 14.1. The van der Waals surface area contributed by atoms with E-state index in [1.165, 1.54) is 12.1 Å². The lowest BCUT2D eigenvalue weighted by molar-refractivity contribution is 0.0474. The van der Waals surface area contributed by atoms with Crippen molar-refractivity contribution in [2.24, 2.45) is 0 Å². The van der Waals surface area contributed by atoms with Gasteiger partial charge in [-0.25, -0.2) is 13.2 Å². The summed E-state index contributed by atoms with van der Waals surface area (Å²) >= 11 is 6.01. The van der Waals surface area contributed by atoms with E-state index in [2.05, 4.69) is 0 Å². The second kappa shape index (κ2) is 8.91. The number of carbonyl (C=O) groups is 2. The minimum Gasteiger partial charge on any atom is -0.454 e. The molecule has 0 spiro atoms. The first-order valence-corrected chi connectivity index (χ1v) is 11.8. The van der Waals surface area contributed by atoms with E-state index in [4.69, 9.17) is 21.1 Å². The zero-order chi connectivity index (χ0) is 22.1. The Kier molecular flexibility index (Phi) is 6.69. The number of ether oxygens (including phenoxy) is 2. The van der Waals surface area contributed by atoms with Gasteiger partial charge >= 0.3 is 5.97 Å². The molecule has 0 amide bonds. The molecular weight excluding hydrogens is 430 g/mol. The largest absolute Gasteiger partial charge is 0.454 e. The average molecular weight is 454 g/mol. The SMILES string of the molecule is Cc1cc(C(=O)COC(=O)c2cc(S(C)(=O)=O)ccc2Cl)c(C)n1CC1CCCO1. The smallest absolute Gasteiger partial charge is 0.340 e. The molecule has 1 saturated heterocycles. The predicted octanol–water partition coefficient (Wildman–Crippen LogP) is 3.38. The molecule has 0 radical (unpaired) electrons. The fourth-order valence-electron chi connectivity index (χ4n) is 3.53. The molecule has 0 aliphatic carbocycles. The number of sulfone groups is 1. The second-order valence-electron chi connectivity index (χ2n) is 7.44. The lowest BCUT2D eigenvalue weighted by Crippen LogP contribution is -2.18. The molecule has 1 aliphatic rings. The van der Waals surface area contributed by atoms with Crippen LogP contribution in [0.15, 0.2) is 29.2 Å². The number of aromatic nitrogens is 1. The van der Waals surface area contributed by atoms with Gasteiger partial charge in [-0.1, -0.05) is 11.6 Å². The molecule has 1 atom stereocenters. The molecule has 2 aromatic rings. The van der Waals surface area contributed by atoms with Gasteiger partial charge in [0, 0.05) is 36.4 Å². The normalized spacial score (nSPS) is 16.6. The van der Waals surface area contributed by atoms with Crippen LogP contribution in [-0.4, -0.2) is 50.3 Å². The number of hydrogen-bond donors (Lipinski definition) is 0. The summed E-state index contributed by atoms with van der Waals surface area (Å²) in [7, 11) is -3.51. The molecule has 2 heterocycles. The Hall–Kier alpha value is -2.16. The van der Waals surface area contributed by atoms with E-state index in [-0.39, 0.29) is 27.4 Å². The van der Waals surface area contributed by atoms with Gasteiger partial charge in [-0.05, 0) is 51.0 Å². The molecule has 30 heavy (non-hydrogen) atoms. The molecular formula is C21H24ClNO6S. The molecule has 0 bridgehead atoms. The number of nitrogens with zero attached hydrogens (tertiary/aromatic N) is 1. The Labute approximate surface area is 180 Å².